The minimum Gasteiger partial charge on any atom is -0.366 e. The van der Waals surface area contributed by atoms with Gasteiger partial charge in [-0.15, -0.1) is 0 Å². The highest BCUT2D eigenvalue weighted by Crippen LogP contribution is 2.34. The zero-order chi connectivity index (χ0) is 12.6. The van der Waals surface area contributed by atoms with Gasteiger partial charge in [-0.05, 0) is 35.0 Å². The fraction of sp³-hybridized carbons (Fsp3) is 0.167. The van der Waals surface area contributed by atoms with Gasteiger partial charge in [-0.25, -0.2) is 0 Å². The summed E-state index contributed by atoms with van der Waals surface area (Å²) in [6.07, 6.45) is 3.46. The average molecular weight is 294 g/mol. The van der Waals surface area contributed by atoms with Crippen LogP contribution < -0.4 is 5.73 Å². The second kappa shape index (κ2) is 4.33. The van der Waals surface area contributed by atoms with Gasteiger partial charge in [0, 0.05) is 30.7 Å². The van der Waals surface area contributed by atoms with Crippen molar-refractivity contribution < 1.29 is 4.79 Å². The molecule has 0 atom stereocenters. The van der Waals surface area contributed by atoms with Crippen molar-refractivity contribution >= 4 is 21.8 Å². The Labute approximate surface area is 108 Å². The SMILES string of the molecule is Cc1c(C(N)=O)c(Br)c(-c2cccnc2)n1C. The Hall–Kier alpha value is -1.62. The minimum atomic E-state index is -0.430. The first kappa shape index (κ1) is 11.9. The summed E-state index contributed by atoms with van der Waals surface area (Å²) in [6.45, 7) is 1.87. The number of aromatic nitrogens is 2. The zero-order valence-corrected chi connectivity index (χ0v) is 11.2. The van der Waals surface area contributed by atoms with Gasteiger partial charge in [0.15, 0.2) is 0 Å². The predicted octanol–water partition coefficient (Wildman–Crippen LogP) is 2.26. The number of nitrogens with zero attached hydrogens (tertiary/aromatic N) is 2. The molecule has 0 bridgehead atoms. The van der Waals surface area contributed by atoms with E-state index in [2.05, 4.69) is 20.9 Å². The summed E-state index contributed by atoms with van der Waals surface area (Å²) in [7, 11) is 1.90. The molecule has 17 heavy (non-hydrogen) atoms. The van der Waals surface area contributed by atoms with Gasteiger partial charge in [-0.1, -0.05) is 0 Å². The second-order valence-corrected chi connectivity index (χ2v) is 4.58. The quantitative estimate of drug-likeness (QED) is 0.923. The zero-order valence-electron chi connectivity index (χ0n) is 9.57. The summed E-state index contributed by atoms with van der Waals surface area (Å²) in [5, 5.41) is 0. The number of pyridine rings is 1. The van der Waals surface area contributed by atoms with Crippen molar-refractivity contribution in [3.05, 3.63) is 40.3 Å². The van der Waals surface area contributed by atoms with E-state index in [4.69, 9.17) is 5.73 Å². The lowest BCUT2D eigenvalue weighted by Gasteiger charge is -2.04. The first-order chi connectivity index (χ1) is 8.04. The highest BCUT2D eigenvalue weighted by Gasteiger charge is 2.21. The van der Waals surface area contributed by atoms with Crippen LogP contribution in [0.25, 0.3) is 11.3 Å². The molecule has 2 N–H and O–H groups in total. The van der Waals surface area contributed by atoms with Gasteiger partial charge in [0.1, 0.15) is 0 Å². The summed E-state index contributed by atoms with van der Waals surface area (Å²) in [4.78, 5) is 15.5. The van der Waals surface area contributed by atoms with Crippen LogP contribution in [0.3, 0.4) is 0 Å². The Morgan fingerprint density at radius 2 is 2.24 bits per heavy atom. The summed E-state index contributed by atoms with van der Waals surface area (Å²) < 4.78 is 2.65. The lowest BCUT2D eigenvalue weighted by molar-refractivity contribution is 0.0999. The normalized spacial score (nSPS) is 10.5. The Balaban J connectivity index is 2.72. The fourth-order valence-electron chi connectivity index (χ4n) is 1.87. The molecule has 4 nitrogen and oxygen atoms in total. The first-order valence-corrected chi connectivity index (χ1v) is 5.88. The molecule has 0 fully saturated rings. The topological polar surface area (TPSA) is 60.9 Å². The highest BCUT2D eigenvalue weighted by molar-refractivity contribution is 9.10. The van der Waals surface area contributed by atoms with Crippen LogP contribution in [0.15, 0.2) is 29.0 Å². The van der Waals surface area contributed by atoms with Crippen LogP contribution in [-0.4, -0.2) is 15.5 Å². The van der Waals surface area contributed by atoms with Crippen LogP contribution >= 0.6 is 15.9 Å². The van der Waals surface area contributed by atoms with E-state index in [1.54, 1.807) is 12.4 Å². The summed E-state index contributed by atoms with van der Waals surface area (Å²) in [5.74, 6) is -0.430. The Morgan fingerprint density at radius 3 is 2.71 bits per heavy atom. The third kappa shape index (κ3) is 1.86. The molecule has 0 aliphatic carbocycles. The summed E-state index contributed by atoms with van der Waals surface area (Å²) in [5.41, 5.74) is 8.58. The van der Waals surface area contributed by atoms with E-state index in [1.807, 2.05) is 30.7 Å². The number of primary amides is 1. The molecule has 2 rings (SSSR count). The Morgan fingerprint density at radius 1 is 1.53 bits per heavy atom. The van der Waals surface area contributed by atoms with Crippen LogP contribution in [0.2, 0.25) is 0 Å². The number of carbonyl (C=O) groups excluding carboxylic acids is 1. The molecule has 0 aromatic carbocycles. The minimum absolute atomic E-state index is 0.430. The number of hydrogen-bond donors (Lipinski definition) is 1. The van der Waals surface area contributed by atoms with Crippen LogP contribution in [0.4, 0.5) is 0 Å². The van der Waals surface area contributed by atoms with Crippen molar-refractivity contribution in [3.63, 3.8) is 0 Å². The smallest absolute Gasteiger partial charge is 0.251 e. The fourth-order valence-corrected chi connectivity index (χ4v) is 2.85. The van der Waals surface area contributed by atoms with Gasteiger partial charge in [-0.2, -0.15) is 0 Å². The number of nitrogens with two attached hydrogens (primary N) is 1. The molecule has 0 aliphatic rings. The van der Waals surface area contributed by atoms with E-state index >= 15 is 0 Å². The van der Waals surface area contributed by atoms with Gasteiger partial charge in [0.05, 0.1) is 15.7 Å². The molecule has 2 heterocycles. The molecule has 0 radical (unpaired) electrons. The lowest BCUT2D eigenvalue weighted by atomic mass is 10.2. The highest BCUT2D eigenvalue weighted by atomic mass is 79.9. The number of hydrogen-bond acceptors (Lipinski definition) is 2. The van der Waals surface area contributed by atoms with Gasteiger partial charge in [-0.3, -0.25) is 9.78 Å². The molecular formula is C12H12BrN3O. The van der Waals surface area contributed by atoms with E-state index < -0.39 is 5.91 Å². The molecule has 1 amide bonds. The Kier molecular flexibility index (Phi) is 3.02. The van der Waals surface area contributed by atoms with Gasteiger partial charge < -0.3 is 10.3 Å². The standard InChI is InChI=1S/C12H12BrN3O/c1-7-9(12(14)17)10(13)11(16(7)2)8-4-3-5-15-6-8/h3-6H,1-2H3,(H2,14,17). The van der Waals surface area contributed by atoms with Crippen molar-refractivity contribution in [1.29, 1.82) is 0 Å². The van der Waals surface area contributed by atoms with Crippen molar-refractivity contribution in [2.75, 3.05) is 0 Å². The number of halogens is 1. The van der Waals surface area contributed by atoms with Crippen LogP contribution in [-0.2, 0) is 7.05 Å². The summed E-state index contributed by atoms with van der Waals surface area (Å²) >= 11 is 3.44. The molecule has 0 spiro atoms. The third-order valence-corrected chi connectivity index (χ3v) is 3.58. The van der Waals surface area contributed by atoms with Crippen LogP contribution in [0.5, 0.6) is 0 Å². The van der Waals surface area contributed by atoms with Gasteiger partial charge >= 0.3 is 0 Å². The van der Waals surface area contributed by atoms with Crippen molar-refractivity contribution in [2.24, 2.45) is 12.8 Å². The van der Waals surface area contributed by atoms with E-state index in [0.29, 0.717) is 5.56 Å². The third-order valence-electron chi connectivity index (χ3n) is 2.81. The molecule has 0 saturated carbocycles. The van der Waals surface area contributed by atoms with E-state index in [-0.39, 0.29) is 0 Å². The molecule has 0 aliphatic heterocycles. The number of carbonyl (C=O) groups is 1. The monoisotopic (exact) mass is 293 g/mol. The number of rotatable bonds is 2. The first-order valence-electron chi connectivity index (χ1n) is 5.09. The maximum atomic E-state index is 11.4. The lowest BCUT2D eigenvalue weighted by Crippen LogP contribution is -2.12. The molecule has 88 valence electrons. The molecule has 2 aromatic rings. The molecule has 0 unspecified atom stereocenters. The van der Waals surface area contributed by atoms with E-state index in [9.17, 15) is 4.79 Å². The Bertz CT molecular complexity index is 575. The van der Waals surface area contributed by atoms with Gasteiger partial charge in [0.2, 0.25) is 0 Å². The van der Waals surface area contributed by atoms with Crippen molar-refractivity contribution in [1.82, 2.24) is 9.55 Å². The largest absolute Gasteiger partial charge is 0.366 e. The van der Waals surface area contributed by atoms with Crippen LogP contribution in [0, 0.1) is 6.92 Å². The predicted molar refractivity (Wildman–Crippen MR) is 69.6 cm³/mol. The molecule has 0 saturated heterocycles. The molecule has 2 aromatic heterocycles. The molecule has 5 heteroatoms. The van der Waals surface area contributed by atoms with Crippen molar-refractivity contribution in [2.45, 2.75) is 6.92 Å². The van der Waals surface area contributed by atoms with Crippen LogP contribution in [0.1, 0.15) is 16.1 Å². The van der Waals surface area contributed by atoms with Crippen molar-refractivity contribution in [3.8, 4) is 11.3 Å². The average Bonchev–Trinajstić information content (AvgIpc) is 2.51. The van der Waals surface area contributed by atoms with E-state index in [0.717, 1.165) is 21.4 Å². The second-order valence-electron chi connectivity index (χ2n) is 3.79. The number of amides is 1. The maximum Gasteiger partial charge on any atom is 0.251 e. The van der Waals surface area contributed by atoms with Gasteiger partial charge in [0.25, 0.3) is 5.91 Å². The maximum absolute atomic E-state index is 11.4. The van der Waals surface area contributed by atoms with E-state index in [1.165, 1.54) is 0 Å². The molecular weight excluding hydrogens is 282 g/mol. The summed E-state index contributed by atoms with van der Waals surface area (Å²) in [6, 6.07) is 3.80.